The summed E-state index contributed by atoms with van der Waals surface area (Å²) in [6.45, 7) is 4.61. The van der Waals surface area contributed by atoms with E-state index in [1.54, 1.807) is 11.8 Å². The summed E-state index contributed by atoms with van der Waals surface area (Å²) in [6.07, 6.45) is 0.752. The van der Waals surface area contributed by atoms with E-state index in [1.165, 1.54) is 0 Å². The van der Waals surface area contributed by atoms with E-state index < -0.39 is 5.60 Å². The SMILES string of the molecule is Cc1cccc(C)c1NCC(=O)NCC1(O)CCSC1. The molecule has 2 rings (SSSR count). The van der Waals surface area contributed by atoms with Crippen LogP contribution in [0.25, 0.3) is 0 Å². The minimum atomic E-state index is -0.723. The number of para-hydroxylation sites is 1. The van der Waals surface area contributed by atoms with Gasteiger partial charge in [0.25, 0.3) is 0 Å². The summed E-state index contributed by atoms with van der Waals surface area (Å²) in [5, 5.41) is 16.1. The molecule has 0 radical (unpaired) electrons. The summed E-state index contributed by atoms with van der Waals surface area (Å²) in [6, 6.07) is 6.04. The van der Waals surface area contributed by atoms with Gasteiger partial charge in [-0.2, -0.15) is 11.8 Å². The first kappa shape index (κ1) is 15.2. The Hall–Kier alpha value is -1.20. The van der Waals surface area contributed by atoms with Crippen molar-refractivity contribution in [3.8, 4) is 0 Å². The summed E-state index contributed by atoms with van der Waals surface area (Å²) in [5.74, 6) is 1.59. The van der Waals surface area contributed by atoms with Crippen molar-refractivity contribution in [3.05, 3.63) is 29.3 Å². The maximum Gasteiger partial charge on any atom is 0.239 e. The van der Waals surface area contributed by atoms with Crippen LogP contribution in [0.1, 0.15) is 17.5 Å². The molecule has 1 unspecified atom stereocenters. The molecule has 4 nitrogen and oxygen atoms in total. The maximum absolute atomic E-state index is 11.8. The molecule has 5 heteroatoms. The Morgan fingerprint density at radius 2 is 2.10 bits per heavy atom. The molecule has 1 saturated heterocycles. The number of nitrogens with one attached hydrogen (secondary N) is 2. The van der Waals surface area contributed by atoms with E-state index in [0.717, 1.165) is 29.0 Å². The van der Waals surface area contributed by atoms with Crippen molar-refractivity contribution in [1.29, 1.82) is 0 Å². The summed E-state index contributed by atoms with van der Waals surface area (Å²) in [5.41, 5.74) is 2.55. The third-order valence-electron chi connectivity index (χ3n) is 3.60. The zero-order chi connectivity index (χ0) is 14.6. The monoisotopic (exact) mass is 294 g/mol. The Bertz CT molecular complexity index is 465. The number of hydrogen-bond acceptors (Lipinski definition) is 4. The van der Waals surface area contributed by atoms with Gasteiger partial charge < -0.3 is 15.7 Å². The second kappa shape index (κ2) is 6.50. The zero-order valence-electron chi connectivity index (χ0n) is 12.0. The van der Waals surface area contributed by atoms with Gasteiger partial charge in [0.2, 0.25) is 5.91 Å². The van der Waals surface area contributed by atoms with E-state index >= 15 is 0 Å². The molecule has 1 fully saturated rings. The van der Waals surface area contributed by atoms with Crippen LogP contribution < -0.4 is 10.6 Å². The van der Waals surface area contributed by atoms with E-state index in [2.05, 4.69) is 10.6 Å². The molecule has 0 aliphatic carbocycles. The third-order valence-corrected chi connectivity index (χ3v) is 4.84. The predicted molar refractivity (Wildman–Crippen MR) is 84.3 cm³/mol. The molecule has 1 amide bonds. The molecule has 20 heavy (non-hydrogen) atoms. The number of carbonyl (C=O) groups is 1. The van der Waals surface area contributed by atoms with Crippen LogP contribution in [0.4, 0.5) is 5.69 Å². The molecule has 1 atom stereocenters. The normalized spacial score (nSPS) is 21.8. The Kier molecular flexibility index (Phi) is 4.94. The number of thioether (sulfide) groups is 1. The fourth-order valence-corrected chi connectivity index (χ4v) is 3.62. The van der Waals surface area contributed by atoms with Gasteiger partial charge in [-0.15, -0.1) is 0 Å². The molecule has 1 heterocycles. The molecule has 1 aliphatic heterocycles. The van der Waals surface area contributed by atoms with Crippen LogP contribution in [0.2, 0.25) is 0 Å². The molecular weight excluding hydrogens is 272 g/mol. The average Bonchev–Trinajstić information content (AvgIpc) is 2.83. The number of carbonyl (C=O) groups excluding carboxylic acids is 1. The molecule has 110 valence electrons. The lowest BCUT2D eigenvalue weighted by atomic mass is 10.0. The summed E-state index contributed by atoms with van der Waals surface area (Å²) < 4.78 is 0. The van der Waals surface area contributed by atoms with E-state index in [1.807, 2.05) is 32.0 Å². The standard InChI is InChI=1S/C15H22N2O2S/c1-11-4-3-5-12(2)14(11)16-8-13(18)17-9-15(19)6-7-20-10-15/h3-5,16,19H,6-10H2,1-2H3,(H,17,18). The lowest BCUT2D eigenvalue weighted by molar-refractivity contribution is -0.120. The molecule has 0 bridgehead atoms. The van der Waals surface area contributed by atoms with Gasteiger partial charge in [0.1, 0.15) is 0 Å². The number of aryl methyl sites for hydroxylation is 2. The molecule has 1 aliphatic rings. The molecule has 1 aromatic carbocycles. The second-order valence-corrected chi connectivity index (χ2v) is 6.53. The molecule has 0 spiro atoms. The number of anilines is 1. The minimum Gasteiger partial charge on any atom is -0.387 e. The van der Waals surface area contributed by atoms with Gasteiger partial charge in [0.15, 0.2) is 0 Å². The number of amides is 1. The van der Waals surface area contributed by atoms with Crippen molar-refractivity contribution in [2.45, 2.75) is 25.9 Å². The van der Waals surface area contributed by atoms with Crippen LogP contribution in [0.3, 0.4) is 0 Å². The van der Waals surface area contributed by atoms with Crippen LogP contribution >= 0.6 is 11.8 Å². The molecule has 0 saturated carbocycles. The maximum atomic E-state index is 11.8. The Balaban J connectivity index is 1.80. The first-order chi connectivity index (χ1) is 9.50. The first-order valence-electron chi connectivity index (χ1n) is 6.87. The van der Waals surface area contributed by atoms with Crippen molar-refractivity contribution >= 4 is 23.4 Å². The van der Waals surface area contributed by atoms with Gasteiger partial charge >= 0.3 is 0 Å². The zero-order valence-corrected chi connectivity index (χ0v) is 12.8. The Labute approximate surface area is 124 Å². The summed E-state index contributed by atoms with van der Waals surface area (Å²) in [4.78, 5) is 11.8. The number of rotatable bonds is 5. The van der Waals surface area contributed by atoms with Crippen LogP contribution in [0.15, 0.2) is 18.2 Å². The van der Waals surface area contributed by atoms with Crippen molar-refractivity contribution in [2.75, 3.05) is 29.9 Å². The van der Waals surface area contributed by atoms with Gasteiger partial charge in [-0.25, -0.2) is 0 Å². The van der Waals surface area contributed by atoms with Crippen molar-refractivity contribution in [2.24, 2.45) is 0 Å². The van der Waals surface area contributed by atoms with Gasteiger partial charge in [-0.1, -0.05) is 18.2 Å². The van der Waals surface area contributed by atoms with Crippen molar-refractivity contribution < 1.29 is 9.90 Å². The predicted octanol–water partition coefficient (Wildman–Crippen LogP) is 1.70. The quantitative estimate of drug-likeness (QED) is 0.773. The highest BCUT2D eigenvalue weighted by Crippen LogP contribution is 2.26. The molecule has 3 N–H and O–H groups in total. The van der Waals surface area contributed by atoms with Gasteiger partial charge in [-0.05, 0) is 37.1 Å². The fourth-order valence-electron chi connectivity index (χ4n) is 2.32. The van der Waals surface area contributed by atoms with E-state index in [0.29, 0.717) is 12.3 Å². The van der Waals surface area contributed by atoms with Gasteiger partial charge in [0, 0.05) is 18.0 Å². The highest BCUT2D eigenvalue weighted by Gasteiger charge is 2.31. The number of aliphatic hydroxyl groups is 1. The minimum absolute atomic E-state index is 0.0852. The van der Waals surface area contributed by atoms with E-state index in [-0.39, 0.29) is 12.5 Å². The van der Waals surface area contributed by atoms with E-state index in [4.69, 9.17) is 0 Å². The fraction of sp³-hybridized carbons (Fsp3) is 0.533. The Morgan fingerprint density at radius 3 is 2.70 bits per heavy atom. The lowest BCUT2D eigenvalue weighted by Gasteiger charge is -2.21. The van der Waals surface area contributed by atoms with Crippen LogP contribution in [0.5, 0.6) is 0 Å². The number of benzene rings is 1. The van der Waals surface area contributed by atoms with Gasteiger partial charge in [0.05, 0.1) is 12.1 Å². The van der Waals surface area contributed by atoms with Crippen molar-refractivity contribution in [1.82, 2.24) is 5.32 Å². The second-order valence-electron chi connectivity index (χ2n) is 5.42. The largest absolute Gasteiger partial charge is 0.387 e. The summed E-state index contributed by atoms with van der Waals surface area (Å²) in [7, 11) is 0. The van der Waals surface area contributed by atoms with Crippen LogP contribution in [-0.4, -0.2) is 41.2 Å². The number of hydrogen-bond donors (Lipinski definition) is 3. The molecule has 0 aromatic heterocycles. The molecule has 1 aromatic rings. The van der Waals surface area contributed by atoms with Crippen LogP contribution in [-0.2, 0) is 4.79 Å². The lowest BCUT2D eigenvalue weighted by Crippen LogP contribution is -2.44. The summed E-state index contributed by atoms with van der Waals surface area (Å²) >= 11 is 1.73. The topological polar surface area (TPSA) is 61.4 Å². The molecular formula is C15H22N2O2S. The van der Waals surface area contributed by atoms with Gasteiger partial charge in [-0.3, -0.25) is 4.79 Å². The highest BCUT2D eigenvalue weighted by molar-refractivity contribution is 7.99. The smallest absolute Gasteiger partial charge is 0.239 e. The highest BCUT2D eigenvalue weighted by atomic mass is 32.2. The Morgan fingerprint density at radius 1 is 1.40 bits per heavy atom. The third kappa shape index (κ3) is 3.90. The van der Waals surface area contributed by atoms with E-state index in [9.17, 15) is 9.90 Å². The first-order valence-corrected chi connectivity index (χ1v) is 8.03. The van der Waals surface area contributed by atoms with Crippen molar-refractivity contribution in [3.63, 3.8) is 0 Å². The average molecular weight is 294 g/mol. The van der Waals surface area contributed by atoms with Crippen LogP contribution in [0, 0.1) is 13.8 Å².